The average Bonchev–Trinajstić information content (AvgIpc) is 2.98. The smallest absolute Gasteiger partial charge is 0.308 e. The van der Waals surface area contributed by atoms with E-state index in [2.05, 4.69) is 13.0 Å². The van der Waals surface area contributed by atoms with Crippen LogP contribution in [0.2, 0.25) is 0 Å². The Hall–Kier alpha value is -1.88. The Morgan fingerprint density at radius 2 is 1.90 bits per heavy atom. The van der Waals surface area contributed by atoms with Crippen LogP contribution in [0, 0.1) is 17.3 Å². The lowest BCUT2D eigenvalue weighted by atomic mass is 9.54. The summed E-state index contributed by atoms with van der Waals surface area (Å²) in [4.78, 5) is 23.0. The van der Waals surface area contributed by atoms with Crippen LogP contribution in [-0.2, 0) is 19.1 Å². The molecule has 0 N–H and O–H groups in total. The van der Waals surface area contributed by atoms with E-state index in [0.717, 1.165) is 32.1 Å². The Labute approximate surface area is 173 Å². The third-order valence-corrected chi connectivity index (χ3v) is 7.74. The number of esters is 2. The van der Waals surface area contributed by atoms with Crippen LogP contribution in [0.5, 0.6) is 5.75 Å². The molecule has 1 aromatic carbocycles. The zero-order valence-electron chi connectivity index (χ0n) is 17.9. The molecule has 2 fully saturated rings. The third kappa shape index (κ3) is 3.58. The number of fused-ring (bicyclic) bond motifs is 5. The first-order valence-corrected chi connectivity index (χ1v) is 10.8. The first-order chi connectivity index (χ1) is 13.8. The van der Waals surface area contributed by atoms with Gasteiger partial charge in [0.05, 0.1) is 6.61 Å². The highest BCUT2D eigenvalue weighted by atomic mass is 16.5. The fourth-order valence-corrected chi connectivity index (χ4v) is 6.64. The van der Waals surface area contributed by atoms with Gasteiger partial charge in [-0.15, -0.1) is 0 Å². The molecule has 0 aromatic heterocycles. The lowest BCUT2D eigenvalue weighted by molar-refractivity contribution is -0.154. The Bertz CT molecular complexity index is 802. The molecule has 3 aliphatic rings. The summed E-state index contributed by atoms with van der Waals surface area (Å²) in [7, 11) is 1.75. The summed E-state index contributed by atoms with van der Waals surface area (Å²) < 4.78 is 16.7. The Morgan fingerprint density at radius 1 is 1.10 bits per heavy atom. The quantitative estimate of drug-likeness (QED) is 0.547. The maximum atomic E-state index is 11.6. The molecule has 29 heavy (non-hydrogen) atoms. The monoisotopic (exact) mass is 400 g/mol. The highest BCUT2D eigenvalue weighted by Gasteiger charge is 2.56. The van der Waals surface area contributed by atoms with Crippen molar-refractivity contribution >= 4 is 11.9 Å². The number of methoxy groups -OCH3 is 1. The maximum Gasteiger partial charge on any atom is 0.308 e. The second-order valence-corrected chi connectivity index (χ2v) is 9.37. The maximum absolute atomic E-state index is 11.6. The Balaban J connectivity index is 1.66. The fourth-order valence-electron chi connectivity index (χ4n) is 6.64. The van der Waals surface area contributed by atoms with Gasteiger partial charge in [0, 0.05) is 32.3 Å². The molecule has 6 atom stereocenters. The summed E-state index contributed by atoms with van der Waals surface area (Å²) in [5, 5.41) is 0. The van der Waals surface area contributed by atoms with Gasteiger partial charge in [0.25, 0.3) is 0 Å². The molecule has 158 valence electrons. The first kappa shape index (κ1) is 20.4. The van der Waals surface area contributed by atoms with Crippen molar-refractivity contribution in [3.8, 4) is 5.75 Å². The lowest BCUT2D eigenvalue weighted by Crippen LogP contribution is -2.45. The minimum absolute atomic E-state index is 0.0413. The molecule has 0 bridgehead atoms. The number of hydrogen-bond donors (Lipinski definition) is 0. The third-order valence-electron chi connectivity index (χ3n) is 7.74. The molecule has 5 heteroatoms. The van der Waals surface area contributed by atoms with Crippen LogP contribution >= 0.6 is 0 Å². The molecule has 0 spiro atoms. The molecule has 0 heterocycles. The van der Waals surface area contributed by atoms with Gasteiger partial charge in [-0.2, -0.15) is 0 Å². The van der Waals surface area contributed by atoms with Gasteiger partial charge in [0.1, 0.15) is 11.9 Å². The first-order valence-electron chi connectivity index (χ1n) is 10.8. The second-order valence-electron chi connectivity index (χ2n) is 9.37. The van der Waals surface area contributed by atoms with E-state index in [-0.39, 0.29) is 23.5 Å². The normalized spacial score (nSPS) is 35.2. The van der Waals surface area contributed by atoms with Crippen molar-refractivity contribution in [3.05, 3.63) is 29.3 Å². The molecule has 1 aromatic rings. The van der Waals surface area contributed by atoms with Crippen LogP contribution in [0.25, 0.3) is 0 Å². The molecule has 2 unspecified atom stereocenters. The molecule has 3 aliphatic carbocycles. The van der Waals surface area contributed by atoms with Crippen molar-refractivity contribution in [2.24, 2.45) is 17.3 Å². The van der Waals surface area contributed by atoms with Crippen LogP contribution in [0.15, 0.2) is 18.2 Å². The molecule has 0 amide bonds. The SMILES string of the molecule is COC[C@@H]1C[C@@H]2C(CC[C@]3(C)C(OC(C)=O)CC[C@@H]23)c2ccc(OC(C)=O)cc21. The van der Waals surface area contributed by atoms with E-state index < -0.39 is 0 Å². The number of rotatable bonds is 4. The second kappa shape index (κ2) is 7.75. The van der Waals surface area contributed by atoms with Crippen LogP contribution in [-0.4, -0.2) is 31.8 Å². The molecular weight excluding hydrogens is 368 g/mol. The highest BCUT2D eigenvalue weighted by molar-refractivity contribution is 5.69. The van der Waals surface area contributed by atoms with E-state index in [0.29, 0.717) is 36.0 Å². The predicted octanol–water partition coefficient (Wildman–Crippen LogP) is 4.59. The van der Waals surface area contributed by atoms with Gasteiger partial charge < -0.3 is 14.2 Å². The summed E-state index contributed by atoms with van der Waals surface area (Å²) >= 11 is 0. The van der Waals surface area contributed by atoms with Crippen molar-refractivity contribution in [2.75, 3.05) is 13.7 Å². The fraction of sp³-hybridized carbons (Fsp3) is 0.667. The molecule has 4 rings (SSSR count). The van der Waals surface area contributed by atoms with Gasteiger partial charge in [-0.3, -0.25) is 9.59 Å². The summed E-state index contributed by atoms with van der Waals surface area (Å²) in [6, 6.07) is 6.13. The minimum Gasteiger partial charge on any atom is -0.462 e. The van der Waals surface area contributed by atoms with E-state index in [4.69, 9.17) is 14.2 Å². The molecule has 2 saturated carbocycles. The van der Waals surface area contributed by atoms with E-state index >= 15 is 0 Å². The summed E-state index contributed by atoms with van der Waals surface area (Å²) in [6.07, 6.45) is 5.39. The number of ether oxygens (including phenoxy) is 3. The number of carbonyl (C=O) groups is 2. The molecule has 0 radical (unpaired) electrons. The summed E-state index contributed by atoms with van der Waals surface area (Å²) in [5.74, 6) is 2.10. The number of carbonyl (C=O) groups excluding carboxylic acids is 2. The molecular formula is C24H32O5. The minimum atomic E-state index is -0.294. The van der Waals surface area contributed by atoms with E-state index in [1.807, 2.05) is 12.1 Å². The van der Waals surface area contributed by atoms with Crippen molar-refractivity contribution in [1.29, 1.82) is 0 Å². The zero-order valence-corrected chi connectivity index (χ0v) is 17.9. The summed E-state index contributed by atoms with van der Waals surface area (Å²) in [5.41, 5.74) is 2.72. The highest BCUT2D eigenvalue weighted by Crippen LogP contribution is 2.63. The van der Waals surface area contributed by atoms with Crippen LogP contribution < -0.4 is 4.74 Å². The Morgan fingerprint density at radius 3 is 2.59 bits per heavy atom. The van der Waals surface area contributed by atoms with Crippen molar-refractivity contribution in [1.82, 2.24) is 0 Å². The van der Waals surface area contributed by atoms with Gasteiger partial charge in [0.15, 0.2) is 0 Å². The Kier molecular flexibility index (Phi) is 5.45. The molecule has 0 saturated heterocycles. The van der Waals surface area contributed by atoms with Gasteiger partial charge in [0.2, 0.25) is 0 Å². The zero-order chi connectivity index (χ0) is 20.8. The topological polar surface area (TPSA) is 61.8 Å². The largest absolute Gasteiger partial charge is 0.462 e. The summed E-state index contributed by atoms with van der Waals surface area (Å²) in [6.45, 7) is 5.95. The number of benzene rings is 1. The van der Waals surface area contributed by atoms with E-state index in [9.17, 15) is 9.59 Å². The standard InChI is InChI=1S/C24H32O5/c1-14(25)28-17-5-6-18-19-9-10-24(3)22(7-8-23(24)29-15(2)26)21(19)11-16(13-27-4)20(18)12-17/h5-6,12,16,19,21-23H,7-11,13H2,1-4H3/t16-,19?,21+,22-,23?,24-/m0/s1. The van der Waals surface area contributed by atoms with Gasteiger partial charge in [-0.25, -0.2) is 0 Å². The van der Waals surface area contributed by atoms with Crippen LogP contribution in [0.1, 0.15) is 75.8 Å². The predicted molar refractivity (Wildman–Crippen MR) is 109 cm³/mol. The van der Waals surface area contributed by atoms with Gasteiger partial charge >= 0.3 is 11.9 Å². The lowest BCUT2D eigenvalue weighted by Gasteiger charge is -2.51. The molecule has 5 nitrogen and oxygen atoms in total. The van der Waals surface area contributed by atoms with Crippen molar-refractivity contribution in [2.45, 2.75) is 70.8 Å². The van der Waals surface area contributed by atoms with Crippen molar-refractivity contribution in [3.63, 3.8) is 0 Å². The van der Waals surface area contributed by atoms with Gasteiger partial charge in [-0.1, -0.05) is 13.0 Å². The van der Waals surface area contributed by atoms with Crippen LogP contribution in [0.4, 0.5) is 0 Å². The molecule has 0 aliphatic heterocycles. The average molecular weight is 401 g/mol. The van der Waals surface area contributed by atoms with Crippen LogP contribution in [0.3, 0.4) is 0 Å². The van der Waals surface area contributed by atoms with E-state index in [1.165, 1.54) is 25.0 Å². The van der Waals surface area contributed by atoms with Gasteiger partial charge in [-0.05, 0) is 73.1 Å². The van der Waals surface area contributed by atoms with E-state index in [1.54, 1.807) is 7.11 Å². The number of hydrogen-bond acceptors (Lipinski definition) is 5. The van der Waals surface area contributed by atoms with Crippen molar-refractivity contribution < 1.29 is 23.8 Å².